The summed E-state index contributed by atoms with van der Waals surface area (Å²) >= 11 is 12.1. The average molecular weight is 543 g/mol. The molecule has 188 valence electrons. The average Bonchev–Trinajstić information content (AvgIpc) is 3.42. The molecule has 1 N–H and O–H groups in total. The number of carboxylic acid groups (broad SMARTS) is 1. The van der Waals surface area contributed by atoms with Crippen molar-refractivity contribution in [3.05, 3.63) is 124 Å². The first-order valence-electron chi connectivity index (χ1n) is 11.5. The number of carbonyl (C=O) groups is 2. The van der Waals surface area contributed by atoms with Crippen LogP contribution in [0.2, 0.25) is 10.0 Å². The summed E-state index contributed by atoms with van der Waals surface area (Å²) in [6.45, 7) is 0. The fourth-order valence-electron chi connectivity index (χ4n) is 4.11. The molecule has 38 heavy (non-hydrogen) atoms. The van der Waals surface area contributed by atoms with E-state index >= 15 is 0 Å². The predicted octanol–water partition coefficient (Wildman–Crippen LogP) is 6.94. The van der Waals surface area contributed by atoms with E-state index in [1.807, 2.05) is 54.4 Å². The smallest absolute Gasteiger partial charge is 0.337 e. The molecule has 0 fully saturated rings. The van der Waals surface area contributed by atoms with Crippen LogP contribution in [0.4, 0.5) is 11.4 Å². The van der Waals surface area contributed by atoms with Gasteiger partial charge in [0.2, 0.25) is 0 Å². The predicted molar refractivity (Wildman–Crippen MR) is 148 cm³/mol. The SMILES string of the molecule is CN(c1ccc(Cl)cc1)c1ccc(C(=O)c2ccc(-n3nncc3-c3cccc(Cl)c3)c(C(=O)O)c2)cc1. The summed E-state index contributed by atoms with van der Waals surface area (Å²) in [5, 5.41) is 19.2. The summed E-state index contributed by atoms with van der Waals surface area (Å²) < 4.78 is 1.42. The standard InChI is InChI=1S/C29H20Cl2N4O3/c1-34(24-12-8-21(30)9-13-24)23-10-5-18(6-11-23)28(36)20-7-14-26(25(16-20)29(37)38)35-27(17-32-33-35)19-3-2-4-22(31)15-19/h2-17H,1H3,(H,37,38). The largest absolute Gasteiger partial charge is 0.478 e. The topological polar surface area (TPSA) is 88.3 Å². The van der Waals surface area contributed by atoms with Crippen LogP contribution in [0, 0.1) is 0 Å². The number of nitrogens with zero attached hydrogens (tertiary/aromatic N) is 4. The quantitative estimate of drug-likeness (QED) is 0.224. The van der Waals surface area contributed by atoms with E-state index in [0.717, 1.165) is 16.9 Å². The van der Waals surface area contributed by atoms with E-state index in [9.17, 15) is 14.7 Å². The first kappa shape index (κ1) is 25.2. The Hall–Kier alpha value is -4.46. The van der Waals surface area contributed by atoms with Gasteiger partial charge in [-0.25, -0.2) is 9.48 Å². The van der Waals surface area contributed by atoms with Crippen molar-refractivity contribution >= 4 is 46.3 Å². The second kappa shape index (κ2) is 10.5. The second-order valence-corrected chi connectivity index (χ2v) is 9.36. The monoisotopic (exact) mass is 542 g/mol. The van der Waals surface area contributed by atoms with Crippen molar-refractivity contribution in [1.82, 2.24) is 15.0 Å². The van der Waals surface area contributed by atoms with Crippen molar-refractivity contribution in [2.45, 2.75) is 0 Å². The molecule has 0 unspecified atom stereocenters. The Morgan fingerprint density at radius 1 is 0.816 bits per heavy atom. The first-order valence-corrected chi connectivity index (χ1v) is 12.3. The van der Waals surface area contributed by atoms with Gasteiger partial charge in [0.15, 0.2) is 5.78 Å². The molecule has 0 amide bonds. The molecule has 0 radical (unpaired) electrons. The minimum atomic E-state index is -1.19. The van der Waals surface area contributed by atoms with Gasteiger partial charge in [-0.05, 0) is 78.9 Å². The maximum Gasteiger partial charge on any atom is 0.337 e. The Labute approximate surface area is 228 Å². The van der Waals surface area contributed by atoms with E-state index in [4.69, 9.17) is 23.2 Å². The van der Waals surface area contributed by atoms with Gasteiger partial charge < -0.3 is 10.0 Å². The van der Waals surface area contributed by atoms with Crippen molar-refractivity contribution in [3.8, 4) is 16.9 Å². The Kier molecular flexibility index (Phi) is 6.96. The lowest BCUT2D eigenvalue weighted by molar-refractivity contribution is 0.0696. The molecule has 0 atom stereocenters. The third-order valence-corrected chi connectivity index (χ3v) is 6.60. The lowest BCUT2D eigenvalue weighted by Gasteiger charge is -2.19. The van der Waals surface area contributed by atoms with Gasteiger partial charge in [0.25, 0.3) is 0 Å². The Morgan fingerprint density at radius 3 is 2.13 bits per heavy atom. The molecule has 1 aromatic heterocycles. The Morgan fingerprint density at radius 2 is 1.47 bits per heavy atom. The molecule has 7 nitrogen and oxygen atoms in total. The van der Waals surface area contributed by atoms with Crippen LogP contribution in [0.3, 0.4) is 0 Å². The van der Waals surface area contributed by atoms with Crippen molar-refractivity contribution in [3.63, 3.8) is 0 Å². The van der Waals surface area contributed by atoms with E-state index < -0.39 is 5.97 Å². The number of ketones is 1. The number of aromatic carboxylic acids is 1. The number of benzene rings is 4. The molecule has 0 bridgehead atoms. The van der Waals surface area contributed by atoms with Crippen LogP contribution in [-0.2, 0) is 0 Å². The minimum Gasteiger partial charge on any atom is -0.478 e. The van der Waals surface area contributed by atoms with Crippen LogP contribution in [0.1, 0.15) is 26.3 Å². The van der Waals surface area contributed by atoms with Crippen LogP contribution in [0.25, 0.3) is 16.9 Å². The molecule has 0 aliphatic carbocycles. The van der Waals surface area contributed by atoms with Gasteiger partial charge in [-0.1, -0.05) is 40.5 Å². The van der Waals surface area contributed by atoms with Crippen LogP contribution in [0.5, 0.6) is 0 Å². The number of hydrogen-bond donors (Lipinski definition) is 1. The maximum atomic E-state index is 13.3. The van der Waals surface area contributed by atoms with Gasteiger partial charge in [-0.2, -0.15) is 0 Å². The highest BCUT2D eigenvalue weighted by Gasteiger charge is 2.20. The highest BCUT2D eigenvalue weighted by Crippen LogP contribution is 2.28. The second-order valence-electron chi connectivity index (χ2n) is 8.49. The molecule has 4 aromatic carbocycles. The summed E-state index contributed by atoms with van der Waals surface area (Å²) in [4.78, 5) is 27.4. The molecular weight excluding hydrogens is 523 g/mol. The molecule has 0 aliphatic heterocycles. The first-order chi connectivity index (χ1) is 18.3. The Bertz CT molecular complexity index is 1650. The van der Waals surface area contributed by atoms with Gasteiger partial charge in [0, 0.05) is 45.2 Å². The number of halogens is 2. The van der Waals surface area contributed by atoms with Crippen LogP contribution < -0.4 is 4.90 Å². The summed E-state index contributed by atoms with van der Waals surface area (Å²) in [5.74, 6) is -1.49. The van der Waals surface area contributed by atoms with Gasteiger partial charge in [0.05, 0.1) is 23.1 Å². The van der Waals surface area contributed by atoms with E-state index in [1.54, 1.807) is 42.5 Å². The normalized spacial score (nSPS) is 10.8. The number of carboxylic acids is 1. The fourth-order valence-corrected chi connectivity index (χ4v) is 4.42. The number of hydrogen-bond acceptors (Lipinski definition) is 5. The zero-order chi connectivity index (χ0) is 26.8. The number of rotatable bonds is 7. The lowest BCUT2D eigenvalue weighted by atomic mass is 9.99. The van der Waals surface area contributed by atoms with Gasteiger partial charge in [-0.15, -0.1) is 5.10 Å². The van der Waals surface area contributed by atoms with Gasteiger partial charge in [-0.3, -0.25) is 4.79 Å². The van der Waals surface area contributed by atoms with Gasteiger partial charge >= 0.3 is 5.97 Å². The van der Waals surface area contributed by atoms with Gasteiger partial charge in [0.1, 0.15) is 0 Å². The molecule has 5 rings (SSSR count). The third-order valence-electron chi connectivity index (χ3n) is 6.12. The molecule has 1 heterocycles. The number of anilines is 2. The van der Waals surface area contributed by atoms with Crippen LogP contribution in [0.15, 0.2) is 97.2 Å². The summed E-state index contributed by atoms with van der Waals surface area (Å²) in [5.41, 5.74) is 3.99. The maximum absolute atomic E-state index is 13.3. The third kappa shape index (κ3) is 5.02. The van der Waals surface area contributed by atoms with Crippen molar-refractivity contribution in [2.24, 2.45) is 0 Å². The molecule has 0 saturated carbocycles. The molecule has 5 aromatic rings. The zero-order valence-electron chi connectivity index (χ0n) is 20.0. The zero-order valence-corrected chi connectivity index (χ0v) is 21.6. The lowest BCUT2D eigenvalue weighted by Crippen LogP contribution is -2.11. The minimum absolute atomic E-state index is 0.0799. The number of carbonyl (C=O) groups excluding carboxylic acids is 1. The van der Waals surface area contributed by atoms with Crippen molar-refractivity contribution in [2.75, 3.05) is 11.9 Å². The molecule has 0 spiro atoms. The molecular formula is C29H20Cl2N4O3. The molecule has 9 heteroatoms. The highest BCUT2D eigenvalue weighted by molar-refractivity contribution is 6.31. The number of aromatic nitrogens is 3. The Balaban J connectivity index is 1.45. The van der Waals surface area contributed by atoms with E-state index in [0.29, 0.717) is 21.3 Å². The fraction of sp³-hybridized carbons (Fsp3) is 0.0345. The summed E-state index contributed by atoms with van der Waals surface area (Å²) in [7, 11) is 1.92. The van der Waals surface area contributed by atoms with Crippen molar-refractivity contribution in [1.29, 1.82) is 0 Å². The van der Waals surface area contributed by atoms with Crippen LogP contribution in [-0.4, -0.2) is 38.9 Å². The summed E-state index contributed by atoms with van der Waals surface area (Å²) in [6.07, 6.45) is 1.53. The van der Waals surface area contributed by atoms with E-state index in [2.05, 4.69) is 10.3 Å². The van der Waals surface area contributed by atoms with Crippen molar-refractivity contribution < 1.29 is 14.7 Å². The highest BCUT2D eigenvalue weighted by atomic mass is 35.5. The molecule has 0 saturated heterocycles. The van der Waals surface area contributed by atoms with Crippen LogP contribution >= 0.6 is 23.2 Å². The summed E-state index contributed by atoms with van der Waals surface area (Å²) in [6, 6.07) is 26.1. The molecule has 0 aliphatic rings. The van der Waals surface area contributed by atoms with E-state index in [-0.39, 0.29) is 22.6 Å². The van der Waals surface area contributed by atoms with E-state index in [1.165, 1.54) is 16.9 Å².